The number of halogens is 3. The van der Waals surface area contributed by atoms with Crippen LogP contribution in [-0.2, 0) is 21.3 Å². The van der Waals surface area contributed by atoms with E-state index < -0.39 is 17.3 Å². The van der Waals surface area contributed by atoms with Crippen molar-refractivity contribution in [3.63, 3.8) is 0 Å². The second-order valence-electron chi connectivity index (χ2n) is 11.9. The van der Waals surface area contributed by atoms with E-state index in [1.54, 1.807) is 12.1 Å². The maximum Gasteiger partial charge on any atom is 0.416 e. The predicted molar refractivity (Wildman–Crippen MR) is 152 cm³/mol. The fourth-order valence-corrected chi connectivity index (χ4v) is 5.47. The quantitative estimate of drug-likeness (QED) is 0.212. The molecule has 0 amide bonds. The molecule has 0 spiro atoms. The highest BCUT2D eigenvalue weighted by Gasteiger charge is 2.41. The lowest BCUT2D eigenvalue weighted by Gasteiger charge is -2.42. The van der Waals surface area contributed by atoms with E-state index in [0.717, 1.165) is 68.4 Å². The molecule has 0 bridgehead atoms. The number of hydrazine groups is 1. The van der Waals surface area contributed by atoms with Gasteiger partial charge in [-0.1, -0.05) is 57.5 Å². The fraction of sp³-hybridized carbons (Fsp3) is 0.562. The predicted octanol–water partition coefficient (Wildman–Crippen LogP) is 7.84. The van der Waals surface area contributed by atoms with Crippen LogP contribution in [0.15, 0.2) is 60.9 Å². The lowest BCUT2D eigenvalue weighted by molar-refractivity contribution is -0.217. The standard InChI is InChI=1S/C32H43F3N2O3/c1-24(38)30(2,3)18-6-5-7-21-40-31(22-39-23-31)27-12-14-29(15-13-27)36(4)37-19-16-26(17-20-37)25-8-10-28(11-9-25)32(33,34)35/h8-15,26,38H,1,5-7,16-23H2,2-4H3. The summed E-state index contributed by atoms with van der Waals surface area (Å²) in [6.07, 6.45) is 1.40. The second kappa shape index (κ2) is 12.5. The summed E-state index contributed by atoms with van der Waals surface area (Å²) in [5, 5.41) is 14.2. The van der Waals surface area contributed by atoms with Crippen molar-refractivity contribution in [1.82, 2.24) is 5.01 Å². The van der Waals surface area contributed by atoms with Crippen LogP contribution in [0, 0.1) is 5.41 Å². The van der Waals surface area contributed by atoms with Crippen LogP contribution in [0.5, 0.6) is 0 Å². The third kappa shape index (κ3) is 7.20. The normalized spacial score (nSPS) is 18.4. The third-order valence-corrected chi connectivity index (χ3v) is 8.65. The highest BCUT2D eigenvalue weighted by Crippen LogP contribution is 2.37. The molecule has 0 unspecified atom stereocenters. The molecular formula is C32H43F3N2O3. The number of hydrogen-bond donors (Lipinski definition) is 1. The summed E-state index contributed by atoms with van der Waals surface area (Å²) in [6.45, 7) is 11.2. The van der Waals surface area contributed by atoms with E-state index in [0.29, 0.717) is 19.8 Å². The largest absolute Gasteiger partial charge is 0.512 e. The number of benzene rings is 2. The number of alkyl halides is 3. The number of rotatable bonds is 12. The number of piperidine rings is 1. The zero-order chi connectivity index (χ0) is 29.0. The monoisotopic (exact) mass is 560 g/mol. The Morgan fingerprint density at radius 1 is 1.02 bits per heavy atom. The third-order valence-electron chi connectivity index (χ3n) is 8.65. The van der Waals surface area contributed by atoms with Gasteiger partial charge >= 0.3 is 6.18 Å². The summed E-state index contributed by atoms with van der Waals surface area (Å²) >= 11 is 0. The van der Waals surface area contributed by atoms with Gasteiger partial charge in [0.25, 0.3) is 0 Å². The van der Waals surface area contributed by atoms with Crippen molar-refractivity contribution in [3.05, 3.63) is 77.6 Å². The van der Waals surface area contributed by atoms with Gasteiger partial charge in [0.05, 0.1) is 30.2 Å². The van der Waals surface area contributed by atoms with Crippen LogP contribution in [0.4, 0.5) is 18.9 Å². The summed E-state index contributed by atoms with van der Waals surface area (Å²) < 4.78 is 50.6. The topological polar surface area (TPSA) is 45.2 Å². The van der Waals surface area contributed by atoms with Crippen molar-refractivity contribution in [2.24, 2.45) is 5.41 Å². The maximum atomic E-state index is 12.9. The molecule has 2 heterocycles. The fourth-order valence-electron chi connectivity index (χ4n) is 5.47. The Bertz CT molecular complexity index is 1100. The number of aliphatic hydroxyl groups is 1. The van der Waals surface area contributed by atoms with Crippen molar-refractivity contribution in [3.8, 4) is 0 Å². The number of aliphatic hydroxyl groups excluding tert-OH is 1. The molecule has 2 aromatic carbocycles. The van der Waals surface area contributed by atoms with Gasteiger partial charge in [-0.3, -0.25) is 0 Å². The molecule has 0 aliphatic carbocycles. The van der Waals surface area contributed by atoms with Gasteiger partial charge in [0.1, 0.15) is 5.60 Å². The van der Waals surface area contributed by atoms with E-state index in [-0.39, 0.29) is 17.1 Å². The minimum atomic E-state index is -4.30. The Labute approximate surface area is 236 Å². The molecule has 4 rings (SSSR count). The van der Waals surface area contributed by atoms with Crippen LogP contribution in [-0.4, -0.2) is 50.1 Å². The highest BCUT2D eigenvalue weighted by molar-refractivity contribution is 5.47. The SMILES string of the molecule is C=C(O)C(C)(C)CCCCCOC1(c2ccc(N(C)N3CCC(c4ccc(C(F)(F)F)cc4)CC3)cc2)COC1. The van der Waals surface area contributed by atoms with Crippen molar-refractivity contribution >= 4 is 5.69 Å². The number of ether oxygens (including phenoxy) is 2. The first kappa shape index (κ1) is 30.4. The molecule has 220 valence electrons. The number of unbranched alkanes of at least 4 members (excludes halogenated alkanes) is 2. The van der Waals surface area contributed by atoms with Crippen LogP contribution in [0.2, 0.25) is 0 Å². The van der Waals surface area contributed by atoms with Crippen molar-refractivity contribution in [2.45, 2.75) is 70.1 Å². The average molecular weight is 561 g/mol. The smallest absolute Gasteiger partial charge is 0.416 e. The molecule has 8 heteroatoms. The number of hydrogen-bond acceptors (Lipinski definition) is 5. The van der Waals surface area contributed by atoms with E-state index in [9.17, 15) is 18.3 Å². The van der Waals surface area contributed by atoms with Crippen LogP contribution in [0.25, 0.3) is 0 Å². The van der Waals surface area contributed by atoms with Gasteiger partial charge in [-0.25, -0.2) is 5.01 Å². The first-order valence-corrected chi connectivity index (χ1v) is 14.3. The van der Waals surface area contributed by atoms with Crippen molar-refractivity contribution < 1.29 is 27.8 Å². The van der Waals surface area contributed by atoms with Gasteiger partial charge in [-0.2, -0.15) is 13.2 Å². The van der Waals surface area contributed by atoms with Gasteiger partial charge < -0.3 is 19.6 Å². The summed E-state index contributed by atoms with van der Waals surface area (Å²) in [5.41, 5.74) is 1.95. The van der Waals surface area contributed by atoms with Crippen LogP contribution >= 0.6 is 0 Å². The maximum absolute atomic E-state index is 12.9. The molecular weight excluding hydrogens is 517 g/mol. The molecule has 1 N–H and O–H groups in total. The summed E-state index contributed by atoms with van der Waals surface area (Å²) in [4.78, 5) is 0. The van der Waals surface area contributed by atoms with Gasteiger partial charge in [-0.05, 0) is 67.0 Å². The molecule has 40 heavy (non-hydrogen) atoms. The minimum absolute atomic E-state index is 0.242. The number of anilines is 1. The Hall–Kier alpha value is -2.55. The zero-order valence-electron chi connectivity index (χ0n) is 24.0. The lowest BCUT2D eigenvalue weighted by atomic mass is 9.85. The number of allylic oxidation sites excluding steroid dienone is 1. The van der Waals surface area contributed by atoms with Gasteiger partial charge in [0.15, 0.2) is 0 Å². The van der Waals surface area contributed by atoms with E-state index in [4.69, 9.17) is 9.47 Å². The molecule has 5 nitrogen and oxygen atoms in total. The van der Waals surface area contributed by atoms with E-state index in [2.05, 4.69) is 47.9 Å². The first-order chi connectivity index (χ1) is 18.9. The van der Waals surface area contributed by atoms with Gasteiger partial charge in [0.2, 0.25) is 0 Å². The lowest BCUT2D eigenvalue weighted by Crippen LogP contribution is -2.49. The van der Waals surface area contributed by atoms with Crippen LogP contribution in [0.3, 0.4) is 0 Å². The molecule has 0 saturated carbocycles. The van der Waals surface area contributed by atoms with E-state index >= 15 is 0 Å². The minimum Gasteiger partial charge on any atom is -0.512 e. The molecule has 0 aromatic heterocycles. The zero-order valence-corrected chi connectivity index (χ0v) is 24.0. The number of nitrogens with zero attached hydrogens (tertiary/aromatic N) is 2. The summed E-state index contributed by atoms with van der Waals surface area (Å²) in [7, 11) is 2.06. The van der Waals surface area contributed by atoms with E-state index in [1.165, 1.54) is 12.1 Å². The molecule has 2 fully saturated rings. The second-order valence-corrected chi connectivity index (χ2v) is 11.9. The van der Waals surface area contributed by atoms with Gasteiger partial charge in [-0.15, -0.1) is 0 Å². The Morgan fingerprint density at radius 3 is 2.17 bits per heavy atom. The van der Waals surface area contributed by atoms with Crippen LogP contribution < -0.4 is 5.01 Å². The molecule has 0 atom stereocenters. The Kier molecular flexibility index (Phi) is 9.53. The molecule has 2 aliphatic rings. The first-order valence-electron chi connectivity index (χ1n) is 14.3. The summed E-state index contributed by atoms with van der Waals surface area (Å²) in [5.74, 6) is 0.511. The summed E-state index contributed by atoms with van der Waals surface area (Å²) in [6, 6.07) is 14.1. The van der Waals surface area contributed by atoms with Crippen molar-refractivity contribution in [1.29, 1.82) is 0 Å². The molecule has 2 aliphatic heterocycles. The molecule has 2 aromatic rings. The van der Waals surface area contributed by atoms with Crippen LogP contribution in [0.1, 0.15) is 75.0 Å². The van der Waals surface area contributed by atoms with Crippen molar-refractivity contribution in [2.75, 3.05) is 45.0 Å². The molecule has 2 saturated heterocycles. The van der Waals surface area contributed by atoms with Gasteiger partial charge in [0, 0.05) is 32.2 Å². The average Bonchev–Trinajstić information content (AvgIpc) is 2.91. The highest BCUT2D eigenvalue weighted by atomic mass is 19.4. The van der Waals surface area contributed by atoms with E-state index in [1.807, 2.05) is 13.8 Å². The Balaban J connectivity index is 1.25. The Morgan fingerprint density at radius 2 is 1.65 bits per heavy atom. The molecule has 0 radical (unpaired) electrons.